The Labute approximate surface area is 100 Å². The van der Waals surface area contributed by atoms with Crippen LogP contribution in [0.1, 0.15) is 31.9 Å². The van der Waals surface area contributed by atoms with Gasteiger partial charge in [0.05, 0.1) is 5.92 Å². The van der Waals surface area contributed by atoms with Crippen LogP contribution >= 0.6 is 0 Å². The van der Waals surface area contributed by atoms with Gasteiger partial charge in [0.25, 0.3) is 0 Å². The maximum absolute atomic E-state index is 10.8. The zero-order valence-electron chi connectivity index (χ0n) is 9.89. The predicted molar refractivity (Wildman–Crippen MR) is 63.8 cm³/mol. The van der Waals surface area contributed by atoms with Gasteiger partial charge in [-0.2, -0.15) is 0 Å². The molecule has 0 saturated heterocycles. The molecule has 1 aromatic heterocycles. The highest BCUT2D eigenvalue weighted by molar-refractivity contribution is 5.70. The quantitative estimate of drug-likeness (QED) is 0.830. The minimum absolute atomic E-state index is 0.208. The fourth-order valence-electron chi connectivity index (χ4n) is 2.22. The Morgan fingerprint density at radius 3 is 3.00 bits per heavy atom. The fourth-order valence-corrected chi connectivity index (χ4v) is 2.22. The van der Waals surface area contributed by atoms with E-state index >= 15 is 0 Å². The maximum atomic E-state index is 10.8. The molecule has 0 radical (unpaired) electrons. The first-order valence-electron chi connectivity index (χ1n) is 5.99. The van der Waals surface area contributed by atoms with E-state index in [1.165, 1.54) is 0 Å². The summed E-state index contributed by atoms with van der Waals surface area (Å²) in [6, 6.07) is 2.14. The molecule has 17 heavy (non-hydrogen) atoms. The van der Waals surface area contributed by atoms with E-state index in [1.807, 2.05) is 13.0 Å². The number of aromatic nitrogens is 2. The molecule has 1 saturated carbocycles. The summed E-state index contributed by atoms with van der Waals surface area (Å²) in [5.41, 5.74) is 0.996. The molecule has 0 aromatic carbocycles. The lowest BCUT2D eigenvalue weighted by atomic mass is 10.1. The van der Waals surface area contributed by atoms with Gasteiger partial charge in [0.2, 0.25) is 0 Å². The van der Waals surface area contributed by atoms with Crippen LogP contribution in [0.15, 0.2) is 12.4 Å². The van der Waals surface area contributed by atoms with Gasteiger partial charge in [0.1, 0.15) is 12.1 Å². The summed E-state index contributed by atoms with van der Waals surface area (Å²) in [6.45, 7) is 2.04. The molecule has 2 rings (SSSR count). The smallest absolute Gasteiger partial charge is 0.306 e. The van der Waals surface area contributed by atoms with Crippen molar-refractivity contribution in [2.45, 2.75) is 38.6 Å². The topological polar surface area (TPSA) is 75.1 Å². The average Bonchev–Trinajstić information content (AvgIpc) is 2.78. The molecule has 1 fully saturated rings. The largest absolute Gasteiger partial charge is 0.481 e. The van der Waals surface area contributed by atoms with Crippen molar-refractivity contribution < 1.29 is 9.90 Å². The normalized spacial score (nSPS) is 23.6. The number of carboxylic acids is 1. The molecule has 0 unspecified atom stereocenters. The molecule has 0 aliphatic heterocycles. The predicted octanol–water partition coefficient (Wildman–Crippen LogP) is 1.70. The standard InChI is InChI=1S/C12H17N3O2/c1-2-9-6-11(14-7-13-9)15-10-4-3-8(5-10)12(16)17/h6-8,10H,2-5H2,1H3,(H,16,17)(H,13,14,15)/t8-,10+/m1/s1. The number of nitrogens with one attached hydrogen (secondary N) is 1. The molecule has 5 heteroatoms. The summed E-state index contributed by atoms with van der Waals surface area (Å²) >= 11 is 0. The summed E-state index contributed by atoms with van der Waals surface area (Å²) in [5.74, 6) is -0.0980. The van der Waals surface area contributed by atoms with Crippen LogP contribution in [-0.4, -0.2) is 27.1 Å². The fraction of sp³-hybridized carbons (Fsp3) is 0.583. The maximum Gasteiger partial charge on any atom is 0.306 e. The molecule has 0 amide bonds. The van der Waals surface area contributed by atoms with Gasteiger partial charge in [-0.15, -0.1) is 0 Å². The van der Waals surface area contributed by atoms with Crippen LogP contribution in [0.2, 0.25) is 0 Å². The molecule has 1 aliphatic rings. The second kappa shape index (κ2) is 5.12. The first-order chi connectivity index (χ1) is 8.19. The molecule has 2 N–H and O–H groups in total. The van der Waals surface area contributed by atoms with Gasteiger partial charge in [-0.3, -0.25) is 4.79 Å². The number of hydrogen-bond donors (Lipinski definition) is 2. The van der Waals surface area contributed by atoms with E-state index in [0.29, 0.717) is 6.42 Å². The van der Waals surface area contributed by atoms with E-state index in [-0.39, 0.29) is 12.0 Å². The van der Waals surface area contributed by atoms with Gasteiger partial charge in [0, 0.05) is 17.8 Å². The van der Waals surface area contributed by atoms with E-state index in [4.69, 9.17) is 5.11 Å². The zero-order valence-corrected chi connectivity index (χ0v) is 9.89. The van der Waals surface area contributed by atoms with Crippen LogP contribution in [0, 0.1) is 5.92 Å². The Hall–Kier alpha value is -1.65. The average molecular weight is 235 g/mol. The molecule has 1 aliphatic carbocycles. The van der Waals surface area contributed by atoms with E-state index in [9.17, 15) is 4.79 Å². The first-order valence-corrected chi connectivity index (χ1v) is 5.99. The number of carbonyl (C=O) groups is 1. The minimum Gasteiger partial charge on any atom is -0.481 e. The van der Waals surface area contributed by atoms with Crippen molar-refractivity contribution in [3.05, 3.63) is 18.1 Å². The van der Waals surface area contributed by atoms with Crippen molar-refractivity contribution in [1.82, 2.24) is 9.97 Å². The van der Waals surface area contributed by atoms with Crippen LogP contribution in [0.5, 0.6) is 0 Å². The second-order valence-electron chi connectivity index (χ2n) is 4.44. The van der Waals surface area contributed by atoms with Gasteiger partial charge in [-0.25, -0.2) is 9.97 Å². The summed E-state index contributed by atoms with van der Waals surface area (Å²) in [4.78, 5) is 19.1. The summed E-state index contributed by atoms with van der Waals surface area (Å²) in [6.07, 6.45) is 4.74. The molecular weight excluding hydrogens is 218 g/mol. The van der Waals surface area contributed by atoms with Gasteiger partial charge in [-0.05, 0) is 25.7 Å². The molecular formula is C12H17N3O2. The Kier molecular flexibility index (Phi) is 3.56. The summed E-state index contributed by atoms with van der Waals surface area (Å²) in [7, 11) is 0. The number of aliphatic carboxylic acids is 1. The Bertz CT molecular complexity index is 408. The molecule has 5 nitrogen and oxygen atoms in total. The third-order valence-electron chi connectivity index (χ3n) is 3.22. The number of aryl methyl sites for hydroxylation is 1. The highest BCUT2D eigenvalue weighted by Gasteiger charge is 2.29. The second-order valence-corrected chi connectivity index (χ2v) is 4.44. The van der Waals surface area contributed by atoms with Gasteiger partial charge in [-0.1, -0.05) is 6.92 Å². The number of rotatable bonds is 4. The lowest BCUT2D eigenvalue weighted by molar-refractivity contribution is -0.141. The molecule has 0 spiro atoms. The van der Waals surface area contributed by atoms with Crippen molar-refractivity contribution in [3.63, 3.8) is 0 Å². The molecule has 1 aromatic rings. The molecule has 92 valence electrons. The van der Waals surface area contributed by atoms with Gasteiger partial charge >= 0.3 is 5.97 Å². The van der Waals surface area contributed by atoms with Crippen molar-refractivity contribution in [1.29, 1.82) is 0 Å². The van der Waals surface area contributed by atoms with Crippen LogP contribution in [0.4, 0.5) is 5.82 Å². The molecule has 1 heterocycles. The third-order valence-corrected chi connectivity index (χ3v) is 3.22. The molecule has 2 atom stereocenters. The highest BCUT2D eigenvalue weighted by atomic mass is 16.4. The lowest BCUT2D eigenvalue weighted by Gasteiger charge is -2.13. The van der Waals surface area contributed by atoms with E-state index in [0.717, 1.165) is 30.8 Å². The minimum atomic E-state index is -0.689. The van der Waals surface area contributed by atoms with Crippen molar-refractivity contribution in [2.75, 3.05) is 5.32 Å². The zero-order chi connectivity index (χ0) is 12.3. The van der Waals surface area contributed by atoms with Crippen LogP contribution in [0.3, 0.4) is 0 Å². The van der Waals surface area contributed by atoms with Crippen molar-refractivity contribution in [3.8, 4) is 0 Å². The van der Waals surface area contributed by atoms with Gasteiger partial charge < -0.3 is 10.4 Å². The highest BCUT2D eigenvalue weighted by Crippen LogP contribution is 2.27. The SMILES string of the molecule is CCc1cc(N[C@H]2CC[C@@H](C(=O)O)C2)ncn1. The number of carboxylic acid groups (broad SMARTS) is 1. The monoisotopic (exact) mass is 235 g/mol. The molecule has 0 bridgehead atoms. The van der Waals surface area contributed by atoms with E-state index < -0.39 is 5.97 Å². The van der Waals surface area contributed by atoms with Crippen LogP contribution in [-0.2, 0) is 11.2 Å². The third kappa shape index (κ3) is 2.93. The summed E-state index contributed by atoms with van der Waals surface area (Å²) < 4.78 is 0. The summed E-state index contributed by atoms with van der Waals surface area (Å²) in [5, 5.41) is 12.2. The number of hydrogen-bond acceptors (Lipinski definition) is 4. The van der Waals surface area contributed by atoms with Crippen LogP contribution in [0.25, 0.3) is 0 Å². The Morgan fingerprint density at radius 1 is 1.53 bits per heavy atom. The Balaban J connectivity index is 1.95. The van der Waals surface area contributed by atoms with Gasteiger partial charge in [0.15, 0.2) is 0 Å². The van der Waals surface area contributed by atoms with Crippen molar-refractivity contribution >= 4 is 11.8 Å². The van der Waals surface area contributed by atoms with E-state index in [1.54, 1.807) is 6.33 Å². The van der Waals surface area contributed by atoms with Crippen molar-refractivity contribution in [2.24, 2.45) is 5.92 Å². The Morgan fingerprint density at radius 2 is 2.35 bits per heavy atom. The first kappa shape index (κ1) is 11.8. The van der Waals surface area contributed by atoms with E-state index in [2.05, 4.69) is 15.3 Å². The number of nitrogens with zero attached hydrogens (tertiary/aromatic N) is 2. The number of anilines is 1. The lowest BCUT2D eigenvalue weighted by Crippen LogP contribution is -2.18. The van der Waals surface area contributed by atoms with Crippen LogP contribution < -0.4 is 5.32 Å².